The number of nitrogens with zero attached hydrogens (tertiary/aromatic N) is 5. The van der Waals surface area contributed by atoms with Crippen LogP contribution >= 0.6 is 11.8 Å². The Kier molecular flexibility index (Phi) is 8.42. The highest BCUT2D eigenvalue weighted by Gasteiger charge is 2.23. The molecule has 1 aromatic carbocycles. The van der Waals surface area contributed by atoms with Crippen molar-refractivity contribution in [2.75, 3.05) is 34.0 Å². The molecule has 1 saturated carbocycles. The quantitative estimate of drug-likeness (QED) is 0.283. The van der Waals surface area contributed by atoms with Gasteiger partial charge in [-0.25, -0.2) is 0 Å². The first-order valence-electron chi connectivity index (χ1n) is 10.7. The van der Waals surface area contributed by atoms with Crippen LogP contribution in [0, 0.1) is 0 Å². The van der Waals surface area contributed by atoms with Crippen molar-refractivity contribution in [1.82, 2.24) is 25.0 Å². The van der Waals surface area contributed by atoms with Gasteiger partial charge in [-0.1, -0.05) is 42.8 Å². The molecule has 0 unspecified atom stereocenters. The zero-order chi connectivity index (χ0) is 21.3. The van der Waals surface area contributed by atoms with Crippen LogP contribution in [0.4, 0.5) is 0 Å². The number of hydrogen-bond acceptors (Lipinski definition) is 5. The number of ether oxygens (including phenoxy) is 1. The van der Waals surface area contributed by atoms with Gasteiger partial charge < -0.3 is 19.5 Å². The standard InChI is InChI=1S/C22H34N6OS/c1-23-21(27(2)16-17-10-5-8-13-19(17)29-3)24-15-9-14-20-25-26-22(30-4)28(20)18-11-6-7-12-18/h5,8,10,13,18H,6-7,9,11-12,14-16H2,1-4H3,(H,23,24). The van der Waals surface area contributed by atoms with E-state index in [1.54, 1.807) is 18.9 Å². The van der Waals surface area contributed by atoms with Crippen LogP contribution in [-0.4, -0.2) is 59.6 Å². The summed E-state index contributed by atoms with van der Waals surface area (Å²) in [7, 11) is 5.57. The Hall–Kier alpha value is -2.22. The lowest BCUT2D eigenvalue weighted by Gasteiger charge is -2.23. The van der Waals surface area contributed by atoms with Crippen molar-refractivity contribution in [2.45, 2.75) is 56.3 Å². The molecule has 0 radical (unpaired) electrons. The maximum atomic E-state index is 5.47. The van der Waals surface area contributed by atoms with Crippen LogP contribution in [-0.2, 0) is 13.0 Å². The summed E-state index contributed by atoms with van der Waals surface area (Å²) in [6.45, 7) is 1.58. The topological polar surface area (TPSA) is 67.6 Å². The summed E-state index contributed by atoms with van der Waals surface area (Å²) in [5, 5.41) is 13.4. The zero-order valence-corrected chi connectivity index (χ0v) is 19.4. The summed E-state index contributed by atoms with van der Waals surface area (Å²) >= 11 is 1.70. The minimum atomic E-state index is 0.574. The van der Waals surface area contributed by atoms with Gasteiger partial charge in [0, 0.05) is 45.2 Å². The summed E-state index contributed by atoms with van der Waals surface area (Å²) in [5.41, 5.74) is 1.14. The molecule has 30 heavy (non-hydrogen) atoms. The number of aromatic nitrogens is 3. The fourth-order valence-corrected chi connectivity index (χ4v) is 4.72. The Balaban J connectivity index is 1.52. The smallest absolute Gasteiger partial charge is 0.193 e. The Morgan fingerprint density at radius 3 is 2.77 bits per heavy atom. The molecule has 1 aliphatic carbocycles. The van der Waals surface area contributed by atoms with Gasteiger partial charge >= 0.3 is 0 Å². The Bertz CT molecular complexity index is 831. The molecule has 0 amide bonds. The number of nitrogens with one attached hydrogen (secondary N) is 1. The molecule has 164 valence electrons. The molecule has 1 fully saturated rings. The van der Waals surface area contributed by atoms with Crippen LogP contribution in [0.15, 0.2) is 34.4 Å². The molecule has 3 rings (SSSR count). The Morgan fingerprint density at radius 2 is 2.07 bits per heavy atom. The molecular weight excluding hydrogens is 396 g/mol. The first-order chi connectivity index (χ1) is 14.7. The highest BCUT2D eigenvalue weighted by atomic mass is 32.2. The molecule has 0 spiro atoms. The van der Waals surface area contributed by atoms with Gasteiger partial charge in [0.15, 0.2) is 11.1 Å². The van der Waals surface area contributed by atoms with Gasteiger partial charge in [-0.2, -0.15) is 0 Å². The number of thioether (sulfide) groups is 1. The number of guanidine groups is 1. The SMILES string of the molecule is CN=C(NCCCc1nnc(SC)n1C1CCCC1)N(C)Cc1ccccc1OC. The van der Waals surface area contributed by atoms with E-state index >= 15 is 0 Å². The summed E-state index contributed by atoms with van der Waals surface area (Å²) in [5.74, 6) is 2.89. The largest absolute Gasteiger partial charge is 0.496 e. The number of aliphatic imine (C=N–C) groups is 1. The summed E-state index contributed by atoms with van der Waals surface area (Å²) in [6, 6.07) is 8.67. The molecule has 0 saturated heterocycles. The predicted molar refractivity (Wildman–Crippen MR) is 123 cm³/mol. The van der Waals surface area contributed by atoms with Gasteiger partial charge in [-0.3, -0.25) is 4.99 Å². The molecule has 7 nitrogen and oxygen atoms in total. The number of methoxy groups -OCH3 is 1. The van der Waals surface area contributed by atoms with Crippen LogP contribution < -0.4 is 10.1 Å². The van der Waals surface area contributed by atoms with E-state index in [0.717, 1.165) is 54.2 Å². The van der Waals surface area contributed by atoms with E-state index in [1.165, 1.54) is 25.7 Å². The van der Waals surface area contributed by atoms with Crippen LogP contribution in [0.1, 0.15) is 49.5 Å². The molecule has 8 heteroatoms. The Morgan fingerprint density at radius 1 is 1.30 bits per heavy atom. The zero-order valence-electron chi connectivity index (χ0n) is 18.6. The highest BCUT2D eigenvalue weighted by molar-refractivity contribution is 7.98. The van der Waals surface area contributed by atoms with Gasteiger partial charge in [0.05, 0.1) is 7.11 Å². The molecule has 0 aliphatic heterocycles. The van der Waals surface area contributed by atoms with Crippen molar-refractivity contribution in [3.63, 3.8) is 0 Å². The number of benzene rings is 1. The number of rotatable bonds is 9. The van der Waals surface area contributed by atoms with Crippen molar-refractivity contribution in [3.05, 3.63) is 35.7 Å². The van der Waals surface area contributed by atoms with Gasteiger partial charge in [0.2, 0.25) is 0 Å². The van der Waals surface area contributed by atoms with E-state index in [-0.39, 0.29) is 0 Å². The number of para-hydroxylation sites is 1. The van der Waals surface area contributed by atoms with Crippen LogP contribution in [0.5, 0.6) is 5.75 Å². The molecule has 1 aromatic heterocycles. The monoisotopic (exact) mass is 430 g/mol. The van der Waals surface area contributed by atoms with E-state index in [9.17, 15) is 0 Å². The first-order valence-corrected chi connectivity index (χ1v) is 11.9. The van der Waals surface area contributed by atoms with Crippen molar-refractivity contribution in [2.24, 2.45) is 4.99 Å². The summed E-state index contributed by atoms with van der Waals surface area (Å²) < 4.78 is 7.86. The molecule has 0 atom stereocenters. The molecule has 2 aromatic rings. The van der Waals surface area contributed by atoms with E-state index in [0.29, 0.717) is 6.04 Å². The predicted octanol–water partition coefficient (Wildman–Crippen LogP) is 3.76. The second-order valence-electron chi connectivity index (χ2n) is 7.66. The molecule has 1 heterocycles. The molecule has 1 aliphatic rings. The van der Waals surface area contributed by atoms with Crippen LogP contribution in [0.25, 0.3) is 0 Å². The minimum absolute atomic E-state index is 0.574. The van der Waals surface area contributed by atoms with E-state index < -0.39 is 0 Å². The van der Waals surface area contributed by atoms with Crippen molar-refractivity contribution in [3.8, 4) is 5.75 Å². The third kappa shape index (κ3) is 5.47. The lowest BCUT2D eigenvalue weighted by molar-refractivity contribution is 0.396. The first kappa shape index (κ1) is 22.5. The summed E-state index contributed by atoms with van der Waals surface area (Å²) in [4.78, 5) is 6.55. The van der Waals surface area contributed by atoms with Crippen LogP contribution in [0.2, 0.25) is 0 Å². The van der Waals surface area contributed by atoms with Crippen molar-refractivity contribution >= 4 is 17.7 Å². The number of aryl methyl sites for hydroxylation is 1. The minimum Gasteiger partial charge on any atom is -0.496 e. The highest BCUT2D eigenvalue weighted by Crippen LogP contribution is 2.33. The second kappa shape index (κ2) is 11.2. The molecular formula is C22H34N6OS. The molecule has 1 N–H and O–H groups in total. The van der Waals surface area contributed by atoms with Gasteiger partial charge in [-0.15, -0.1) is 10.2 Å². The van der Waals surface area contributed by atoms with Crippen LogP contribution in [0.3, 0.4) is 0 Å². The maximum Gasteiger partial charge on any atom is 0.193 e. The van der Waals surface area contributed by atoms with E-state index in [4.69, 9.17) is 4.74 Å². The third-order valence-corrected chi connectivity index (χ3v) is 6.28. The third-order valence-electron chi connectivity index (χ3n) is 5.64. The fraction of sp³-hybridized carbons (Fsp3) is 0.591. The van der Waals surface area contributed by atoms with Gasteiger partial charge in [-0.05, 0) is 31.6 Å². The second-order valence-corrected chi connectivity index (χ2v) is 8.43. The lowest BCUT2D eigenvalue weighted by Crippen LogP contribution is -2.39. The van der Waals surface area contributed by atoms with Crippen molar-refractivity contribution < 1.29 is 4.74 Å². The van der Waals surface area contributed by atoms with Gasteiger partial charge in [0.1, 0.15) is 11.6 Å². The van der Waals surface area contributed by atoms with E-state index in [1.807, 2.05) is 32.3 Å². The average molecular weight is 431 g/mol. The molecule has 0 bridgehead atoms. The van der Waals surface area contributed by atoms with Gasteiger partial charge in [0.25, 0.3) is 0 Å². The maximum absolute atomic E-state index is 5.47. The average Bonchev–Trinajstić information content (AvgIpc) is 3.43. The lowest BCUT2D eigenvalue weighted by atomic mass is 10.2. The van der Waals surface area contributed by atoms with E-state index in [2.05, 4.69) is 42.3 Å². The summed E-state index contributed by atoms with van der Waals surface area (Å²) in [6.07, 6.45) is 9.11. The normalized spacial score (nSPS) is 14.9. The number of hydrogen-bond donors (Lipinski definition) is 1. The Labute approximate surface area is 184 Å². The van der Waals surface area contributed by atoms with Crippen molar-refractivity contribution in [1.29, 1.82) is 0 Å². The fourth-order valence-electron chi connectivity index (χ4n) is 4.14.